The van der Waals surface area contributed by atoms with Gasteiger partial charge in [0.25, 0.3) is 5.91 Å². The molecule has 3 rings (SSSR count). The van der Waals surface area contributed by atoms with Gasteiger partial charge in [-0.15, -0.1) is 0 Å². The molecule has 0 aliphatic heterocycles. The number of halogens is 1. The number of nitrogens with one attached hydrogen (secondary N) is 2. The van der Waals surface area contributed by atoms with Crippen LogP contribution in [0.25, 0.3) is 11.1 Å². The lowest BCUT2D eigenvalue weighted by molar-refractivity contribution is -0.129. The molecule has 2 N–H and O–H groups in total. The minimum atomic E-state index is -0.548. The highest BCUT2D eigenvalue weighted by molar-refractivity contribution is 5.83. The van der Waals surface area contributed by atoms with Crippen LogP contribution in [0.3, 0.4) is 0 Å². The van der Waals surface area contributed by atoms with Gasteiger partial charge >= 0.3 is 0 Å². The van der Waals surface area contributed by atoms with Crippen LogP contribution in [-0.4, -0.2) is 18.4 Å². The third kappa shape index (κ3) is 5.66. The second-order valence-electron chi connectivity index (χ2n) is 6.37. The molecule has 0 spiro atoms. The Morgan fingerprint density at radius 3 is 2.10 bits per heavy atom. The molecule has 0 aliphatic rings. The van der Waals surface area contributed by atoms with E-state index in [-0.39, 0.29) is 18.6 Å². The lowest BCUT2D eigenvalue weighted by atomic mass is 10.0. The average molecular weight is 403 g/mol. The number of rotatable bonds is 6. The number of carbonyl (C=O) groups is 2. The van der Waals surface area contributed by atoms with E-state index in [1.807, 2.05) is 24.3 Å². The van der Waals surface area contributed by atoms with E-state index in [0.29, 0.717) is 11.3 Å². The second-order valence-corrected chi connectivity index (χ2v) is 6.37. The Morgan fingerprint density at radius 2 is 1.47 bits per heavy atom. The lowest BCUT2D eigenvalue weighted by Crippen LogP contribution is -2.44. The summed E-state index contributed by atoms with van der Waals surface area (Å²) >= 11 is 0. The first kappa shape index (κ1) is 20.6. The van der Waals surface area contributed by atoms with Crippen molar-refractivity contribution in [1.29, 1.82) is 5.26 Å². The van der Waals surface area contributed by atoms with Crippen LogP contribution in [0.15, 0.2) is 72.8 Å². The van der Waals surface area contributed by atoms with Crippen LogP contribution < -0.4 is 15.6 Å². The lowest BCUT2D eigenvalue weighted by Gasteiger charge is -2.10. The Hall–Kier alpha value is -4.18. The molecule has 0 aliphatic carbocycles. The Balaban J connectivity index is 1.44. The molecule has 0 fully saturated rings. The van der Waals surface area contributed by atoms with Gasteiger partial charge in [-0.1, -0.05) is 42.5 Å². The third-order valence-electron chi connectivity index (χ3n) is 4.22. The topological polar surface area (TPSA) is 91.2 Å². The van der Waals surface area contributed by atoms with Gasteiger partial charge in [-0.2, -0.15) is 5.26 Å². The Morgan fingerprint density at radius 1 is 0.867 bits per heavy atom. The van der Waals surface area contributed by atoms with E-state index in [2.05, 4.69) is 16.9 Å². The van der Waals surface area contributed by atoms with Crippen molar-refractivity contribution < 1.29 is 18.7 Å². The molecule has 0 unspecified atom stereocenters. The maximum Gasteiger partial charge on any atom is 0.276 e. The predicted octanol–water partition coefficient (Wildman–Crippen LogP) is 3.13. The number of hydrazine groups is 1. The first-order valence-corrected chi connectivity index (χ1v) is 9.09. The van der Waals surface area contributed by atoms with Crippen molar-refractivity contribution in [3.63, 3.8) is 0 Å². The fraction of sp³-hybridized carbons (Fsp3) is 0.0870. The normalized spacial score (nSPS) is 10.0. The van der Waals surface area contributed by atoms with Crippen molar-refractivity contribution in [2.45, 2.75) is 6.42 Å². The van der Waals surface area contributed by atoms with Gasteiger partial charge in [0.05, 0.1) is 18.1 Å². The third-order valence-corrected chi connectivity index (χ3v) is 4.22. The zero-order chi connectivity index (χ0) is 21.3. The van der Waals surface area contributed by atoms with Crippen molar-refractivity contribution in [3.8, 4) is 22.9 Å². The van der Waals surface area contributed by atoms with Crippen molar-refractivity contribution in [2.75, 3.05) is 6.61 Å². The molecular weight excluding hydrogens is 385 g/mol. The second kappa shape index (κ2) is 9.85. The highest BCUT2D eigenvalue weighted by Gasteiger charge is 2.09. The SMILES string of the molecule is N#Cc1ccc(-c2ccc(OCC(=O)NNC(=O)Cc3ccccc3F)cc2)cc1. The van der Waals surface area contributed by atoms with Gasteiger partial charge < -0.3 is 4.74 Å². The monoisotopic (exact) mass is 403 g/mol. The zero-order valence-corrected chi connectivity index (χ0v) is 15.9. The first-order valence-electron chi connectivity index (χ1n) is 9.09. The molecule has 7 heteroatoms. The van der Waals surface area contributed by atoms with E-state index < -0.39 is 17.6 Å². The molecule has 0 aromatic heterocycles. The first-order chi connectivity index (χ1) is 14.5. The van der Waals surface area contributed by atoms with Crippen LogP contribution >= 0.6 is 0 Å². The van der Waals surface area contributed by atoms with Gasteiger partial charge in [0.1, 0.15) is 11.6 Å². The molecule has 3 aromatic carbocycles. The van der Waals surface area contributed by atoms with Gasteiger partial charge in [0.15, 0.2) is 6.61 Å². The number of hydrogen-bond donors (Lipinski definition) is 2. The maximum absolute atomic E-state index is 13.5. The van der Waals surface area contributed by atoms with E-state index in [1.165, 1.54) is 18.2 Å². The summed E-state index contributed by atoms with van der Waals surface area (Å²) in [4.78, 5) is 23.6. The summed E-state index contributed by atoms with van der Waals surface area (Å²) in [6.45, 7) is -0.295. The summed E-state index contributed by atoms with van der Waals surface area (Å²) in [5.41, 5.74) is 7.18. The molecule has 0 saturated heterocycles. The van der Waals surface area contributed by atoms with Crippen LogP contribution in [0.1, 0.15) is 11.1 Å². The minimum absolute atomic E-state index is 0.190. The highest BCUT2D eigenvalue weighted by atomic mass is 19.1. The molecule has 3 aromatic rings. The standard InChI is InChI=1S/C23H18FN3O3/c24-21-4-2-1-3-19(21)13-22(28)26-27-23(29)15-30-20-11-9-18(10-12-20)17-7-5-16(14-25)6-8-17/h1-12H,13,15H2,(H,26,28)(H,27,29). The Bertz CT molecular complexity index is 1070. The molecule has 0 bridgehead atoms. The molecular formula is C23H18FN3O3. The van der Waals surface area contributed by atoms with Gasteiger partial charge in [0.2, 0.25) is 5.91 Å². The van der Waals surface area contributed by atoms with Gasteiger partial charge in [-0.05, 0) is 47.0 Å². The van der Waals surface area contributed by atoms with Crippen LogP contribution in [0, 0.1) is 17.1 Å². The number of hydrogen-bond acceptors (Lipinski definition) is 4. The van der Waals surface area contributed by atoms with Crippen molar-refractivity contribution >= 4 is 11.8 Å². The van der Waals surface area contributed by atoms with Crippen LogP contribution in [0.4, 0.5) is 4.39 Å². The van der Waals surface area contributed by atoms with Crippen molar-refractivity contribution in [2.24, 2.45) is 0 Å². The smallest absolute Gasteiger partial charge is 0.276 e. The zero-order valence-electron chi connectivity index (χ0n) is 15.9. The summed E-state index contributed by atoms with van der Waals surface area (Å²) in [6, 6.07) is 22.3. The summed E-state index contributed by atoms with van der Waals surface area (Å²) < 4.78 is 18.9. The van der Waals surface area contributed by atoms with Gasteiger partial charge in [-0.3, -0.25) is 20.4 Å². The van der Waals surface area contributed by atoms with E-state index >= 15 is 0 Å². The number of carbonyl (C=O) groups excluding carboxylic acids is 2. The molecule has 30 heavy (non-hydrogen) atoms. The van der Waals surface area contributed by atoms with Crippen molar-refractivity contribution in [1.82, 2.24) is 10.9 Å². The van der Waals surface area contributed by atoms with Crippen LogP contribution in [0.2, 0.25) is 0 Å². The van der Waals surface area contributed by atoms with Crippen molar-refractivity contribution in [3.05, 3.63) is 89.7 Å². The summed E-state index contributed by atoms with van der Waals surface area (Å²) in [7, 11) is 0. The van der Waals surface area contributed by atoms with E-state index in [0.717, 1.165) is 11.1 Å². The molecule has 0 saturated carbocycles. The molecule has 150 valence electrons. The Labute approximate surface area is 172 Å². The number of benzene rings is 3. The highest BCUT2D eigenvalue weighted by Crippen LogP contribution is 2.22. The summed E-state index contributed by atoms with van der Waals surface area (Å²) in [6.07, 6.45) is -0.190. The van der Waals surface area contributed by atoms with Crippen LogP contribution in [0.5, 0.6) is 5.75 Å². The molecule has 0 radical (unpaired) electrons. The van der Waals surface area contributed by atoms with Gasteiger partial charge in [0, 0.05) is 0 Å². The van der Waals surface area contributed by atoms with Gasteiger partial charge in [-0.25, -0.2) is 4.39 Å². The molecule has 2 amide bonds. The number of nitrogens with zero attached hydrogens (tertiary/aromatic N) is 1. The fourth-order valence-corrected chi connectivity index (χ4v) is 2.66. The maximum atomic E-state index is 13.5. The number of amides is 2. The largest absolute Gasteiger partial charge is 0.484 e. The van der Waals surface area contributed by atoms with Crippen LogP contribution in [-0.2, 0) is 16.0 Å². The molecule has 0 atom stereocenters. The molecule has 0 heterocycles. The number of ether oxygens (including phenoxy) is 1. The summed E-state index contributed by atoms with van der Waals surface area (Å²) in [5.74, 6) is -1.08. The predicted molar refractivity (Wildman–Crippen MR) is 108 cm³/mol. The van der Waals surface area contributed by atoms with E-state index in [4.69, 9.17) is 10.00 Å². The summed E-state index contributed by atoms with van der Waals surface area (Å²) in [5, 5.41) is 8.85. The fourth-order valence-electron chi connectivity index (χ4n) is 2.66. The number of nitriles is 1. The minimum Gasteiger partial charge on any atom is -0.484 e. The molecule has 6 nitrogen and oxygen atoms in total. The van der Waals surface area contributed by atoms with E-state index in [1.54, 1.807) is 30.3 Å². The average Bonchev–Trinajstić information content (AvgIpc) is 2.78. The quantitative estimate of drug-likeness (QED) is 0.619. The van der Waals surface area contributed by atoms with E-state index in [9.17, 15) is 14.0 Å². The Kier molecular flexibility index (Phi) is 6.74.